The van der Waals surface area contributed by atoms with Gasteiger partial charge in [0.05, 0.1) is 27.2 Å². The van der Waals surface area contributed by atoms with E-state index in [2.05, 4.69) is 4.98 Å². The Hall–Kier alpha value is -3.40. The number of thiazole rings is 1. The second-order valence-corrected chi connectivity index (χ2v) is 10.2. The lowest BCUT2D eigenvalue weighted by Crippen LogP contribution is -2.22. The van der Waals surface area contributed by atoms with E-state index in [-0.39, 0.29) is 33.6 Å². The Bertz CT molecular complexity index is 1750. The van der Waals surface area contributed by atoms with Crippen LogP contribution < -0.4 is 19.0 Å². The third kappa shape index (κ3) is 4.02. The highest BCUT2D eigenvalue weighted by atomic mass is 35.5. The number of hydrogen-bond acceptors (Lipinski definition) is 7. The molecule has 0 aliphatic heterocycles. The second kappa shape index (κ2) is 8.75. The Morgan fingerprint density at radius 2 is 1.82 bits per heavy atom. The van der Waals surface area contributed by atoms with Crippen molar-refractivity contribution in [3.8, 4) is 11.5 Å². The molecular formula is C24H17ClN2O5S2. The van der Waals surface area contributed by atoms with Gasteiger partial charge in [-0.1, -0.05) is 53.3 Å². The van der Waals surface area contributed by atoms with Crippen molar-refractivity contribution in [2.24, 2.45) is 0 Å². The summed E-state index contributed by atoms with van der Waals surface area (Å²) in [7, 11) is -4.12. The van der Waals surface area contributed by atoms with Crippen LogP contribution in [0.5, 0.6) is 11.5 Å². The first-order valence-electron chi connectivity index (χ1n) is 10.2. The van der Waals surface area contributed by atoms with Crippen LogP contribution in [0.15, 0.2) is 76.4 Å². The Kier molecular flexibility index (Phi) is 5.76. The van der Waals surface area contributed by atoms with E-state index in [1.54, 1.807) is 41.7 Å². The molecule has 0 N–H and O–H groups in total. The van der Waals surface area contributed by atoms with Gasteiger partial charge in [0, 0.05) is 0 Å². The van der Waals surface area contributed by atoms with Crippen molar-refractivity contribution >= 4 is 55.1 Å². The first kappa shape index (κ1) is 22.4. The summed E-state index contributed by atoms with van der Waals surface area (Å²) in [5, 5.41) is 0.0379. The van der Waals surface area contributed by atoms with Gasteiger partial charge in [0.2, 0.25) is 5.75 Å². The Labute approximate surface area is 203 Å². The summed E-state index contributed by atoms with van der Waals surface area (Å²) < 4.78 is 38.4. The van der Waals surface area contributed by atoms with Crippen LogP contribution in [0.4, 0.5) is 0 Å². The molecule has 0 spiro atoms. The van der Waals surface area contributed by atoms with Gasteiger partial charge in [-0.3, -0.25) is 4.79 Å². The molecule has 0 radical (unpaired) electrons. The van der Waals surface area contributed by atoms with Crippen LogP contribution in [-0.4, -0.2) is 24.4 Å². The molecule has 0 saturated heterocycles. The van der Waals surface area contributed by atoms with Gasteiger partial charge in [-0.2, -0.15) is 8.42 Å². The van der Waals surface area contributed by atoms with Crippen molar-refractivity contribution in [2.75, 3.05) is 6.61 Å². The van der Waals surface area contributed by atoms with Crippen LogP contribution in [0.25, 0.3) is 22.1 Å². The van der Waals surface area contributed by atoms with E-state index in [4.69, 9.17) is 20.5 Å². The quantitative estimate of drug-likeness (QED) is 0.316. The van der Waals surface area contributed by atoms with E-state index in [0.717, 1.165) is 11.0 Å². The zero-order valence-corrected chi connectivity index (χ0v) is 20.2. The second-order valence-electron chi connectivity index (χ2n) is 7.25. The molecule has 7 nitrogen and oxygen atoms in total. The molecule has 0 bridgehead atoms. The Balaban J connectivity index is 1.59. The molecule has 5 rings (SSSR count). The summed E-state index contributed by atoms with van der Waals surface area (Å²) in [6.07, 6.45) is 1.67. The fourth-order valence-corrected chi connectivity index (χ4v) is 5.79. The number of halogens is 1. The number of para-hydroxylation sites is 2. The fraction of sp³-hybridized carbons (Fsp3) is 0.0833. The molecule has 0 amide bonds. The van der Waals surface area contributed by atoms with Gasteiger partial charge in [-0.05, 0) is 55.0 Å². The van der Waals surface area contributed by atoms with Crippen molar-refractivity contribution in [1.82, 2.24) is 9.38 Å². The molecule has 0 unspecified atom stereocenters. The summed E-state index contributed by atoms with van der Waals surface area (Å²) in [5.74, 6) is 0.0406. The summed E-state index contributed by atoms with van der Waals surface area (Å²) >= 11 is 7.68. The molecule has 0 aliphatic carbocycles. The zero-order valence-electron chi connectivity index (χ0n) is 17.8. The van der Waals surface area contributed by atoms with E-state index < -0.39 is 10.1 Å². The van der Waals surface area contributed by atoms with E-state index in [9.17, 15) is 13.2 Å². The molecule has 3 aromatic carbocycles. The maximum absolute atomic E-state index is 13.0. The first-order valence-corrected chi connectivity index (χ1v) is 12.9. The monoisotopic (exact) mass is 512 g/mol. The van der Waals surface area contributed by atoms with E-state index in [1.165, 1.54) is 29.5 Å². The number of nitrogens with zero attached hydrogens (tertiary/aromatic N) is 2. The predicted octanol–water partition coefficient (Wildman–Crippen LogP) is 4.28. The van der Waals surface area contributed by atoms with E-state index in [0.29, 0.717) is 15.1 Å². The molecule has 2 heterocycles. The SMILES string of the molecule is CCOc1cc(/C=c2\sc3nc4ccccc4n3c2=O)cc(Cl)c1OS(=O)(=O)c1ccccc1. The van der Waals surface area contributed by atoms with Gasteiger partial charge in [-0.15, -0.1) is 0 Å². The standard InChI is InChI=1S/C24H17ClN2O5S2/c1-2-31-20-13-15(12-17(25)22(20)32-34(29,30)16-8-4-3-5-9-16)14-21-23(28)27-19-11-7-6-10-18(19)26-24(27)33-21/h3-14H,2H2,1H3/b21-14-. The van der Waals surface area contributed by atoms with Crippen molar-refractivity contribution in [3.63, 3.8) is 0 Å². The number of fused-ring (bicyclic) bond motifs is 3. The molecule has 0 saturated carbocycles. The van der Waals surface area contributed by atoms with Crippen LogP contribution in [0.3, 0.4) is 0 Å². The molecule has 0 atom stereocenters. The first-order chi connectivity index (χ1) is 16.4. The van der Waals surface area contributed by atoms with Gasteiger partial charge < -0.3 is 8.92 Å². The highest BCUT2D eigenvalue weighted by molar-refractivity contribution is 7.87. The van der Waals surface area contributed by atoms with Gasteiger partial charge in [-0.25, -0.2) is 9.38 Å². The normalized spacial score (nSPS) is 12.5. The number of imidazole rings is 1. The van der Waals surface area contributed by atoms with Crippen molar-refractivity contribution in [1.29, 1.82) is 0 Å². The minimum atomic E-state index is -4.12. The van der Waals surface area contributed by atoms with Crippen LogP contribution >= 0.6 is 22.9 Å². The third-order valence-electron chi connectivity index (χ3n) is 5.00. The van der Waals surface area contributed by atoms with Gasteiger partial charge in [0.15, 0.2) is 10.7 Å². The Morgan fingerprint density at radius 3 is 2.59 bits per heavy atom. The average Bonchev–Trinajstić information content (AvgIpc) is 3.33. The van der Waals surface area contributed by atoms with E-state index >= 15 is 0 Å². The average molecular weight is 513 g/mol. The molecule has 172 valence electrons. The molecular weight excluding hydrogens is 496 g/mol. The molecule has 0 fully saturated rings. The topological polar surface area (TPSA) is 87.0 Å². The summed E-state index contributed by atoms with van der Waals surface area (Å²) in [4.78, 5) is 18.1. The number of hydrogen-bond donors (Lipinski definition) is 0. The maximum atomic E-state index is 13.0. The number of benzene rings is 3. The largest absolute Gasteiger partial charge is 0.490 e. The van der Waals surface area contributed by atoms with Crippen molar-refractivity contribution in [3.05, 3.63) is 92.2 Å². The van der Waals surface area contributed by atoms with Crippen molar-refractivity contribution < 1.29 is 17.3 Å². The van der Waals surface area contributed by atoms with E-state index in [1.807, 2.05) is 24.3 Å². The lowest BCUT2D eigenvalue weighted by atomic mass is 10.2. The highest BCUT2D eigenvalue weighted by Gasteiger charge is 2.22. The lowest BCUT2D eigenvalue weighted by Gasteiger charge is -2.14. The van der Waals surface area contributed by atoms with Crippen LogP contribution in [0.1, 0.15) is 12.5 Å². The van der Waals surface area contributed by atoms with Gasteiger partial charge >= 0.3 is 10.1 Å². The molecule has 2 aromatic heterocycles. The zero-order chi connectivity index (χ0) is 23.9. The van der Waals surface area contributed by atoms with Gasteiger partial charge in [0.1, 0.15) is 4.90 Å². The van der Waals surface area contributed by atoms with Gasteiger partial charge in [0.25, 0.3) is 5.56 Å². The summed E-state index contributed by atoms with van der Waals surface area (Å²) in [5.41, 5.74) is 1.85. The molecule has 5 aromatic rings. The summed E-state index contributed by atoms with van der Waals surface area (Å²) in [6, 6.07) is 18.3. The summed E-state index contributed by atoms with van der Waals surface area (Å²) in [6.45, 7) is 2.02. The Morgan fingerprint density at radius 1 is 1.09 bits per heavy atom. The fourth-order valence-electron chi connectivity index (χ4n) is 3.52. The molecule has 0 aliphatic rings. The minimum absolute atomic E-state index is 0.00527. The van der Waals surface area contributed by atoms with Crippen LogP contribution in [0, 0.1) is 0 Å². The number of aromatic nitrogens is 2. The van der Waals surface area contributed by atoms with Crippen molar-refractivity contribution in [2.45, 2.75) is 11.8 Å². The maximum Gasteiger partial charge on any atom is 0.339 e. The molecule has 34 heavy (non-hydrogen) atoms. The molecule has 10 heteroatoms. The minimum Gasteiger partial charge on any atom is -0.490 e. The van der Waals surface area contributed by atoms with Crippen LogP contribution in [-0.2, 0) is 10.1 Å². The smallest absolute Gasteiger partial charge is 0.339 e. The third-order valence-corrected chi connectivity index (χ3v) is 7.48. The van der Waals surface area contributed by atoms with Crippen LogP contribution in [0.2, 0.25) is 5.02 Å². The number of ether oxygens (including phenoxy) is 1. The number of rotatable bonds is 6. The predicted molar refractivity (Wildman–Crippen MR) is 133 cm³/mol. The highest BCUT2D eigenvalue weighted by Crippen LogP contribution is 2.38. The lowest BCUT2D eigenvalue weighted by molar-refractivity contribution is 0.327.